The van der Waals surface area contributed by atoms with Gasteiger partial charge in [0.1, 0.15) is 0 Å². The Morgan fingerprint density at radius 3 is 2.14 bits per heavy atom. The molecule has 2 saturated heterocycles. The van der Waals surface area contributed by atoms with Crippen molar-refractivity contribution >= 4 is 5.69 Å². The summed E-state index contributed by atoms with van der Waals surface area (Å²) in [5, 5.41) is 0. The van der Waals surface area contributed by atoms with Crippen LogP contribution in [0.5, 0.6) is 11.5 Å². The molecule has 2 fully saturated rings. The molecule has 2 aromatic rings. The summed E-state index contributed by atoms with van der Waals surface area (Å²) < 4.78 is 10.8. The van der Waals surface area contributed by atoms with Gasteiger partial charge in [-0.3, -0.25) is 9.80 Å². The molecule has 0 radical (unpaired) electrons. The lowest BCUT2D eigenvalue weighted by atomic mass is 10.0. The zero-order chi connectivity index (χ0) is 20.1. The number of ether oxygens (including phenoxy) is 2. The molecule has 0 aromatic heterocycles. The summed E-state index contributed by atoms with van der Waals surface area (Å²) in [5.41, 5.74) is 2.65. The number of methoxy groups -OCH3 is 2. The van der Waals surface area contributed by atoms with Crippen molar-refractivity contribution in [3.63, 3.8) is 0 Å². The van der Waals surface area contributed by atoms with Crippen LogP contribution < -0.4 is 14.4 Å². The molecular weight excluding hydrogens is 362 g/mol. The van der Waals surface area contributed by atoms with Crippen LogP contribution in [0.4, 0.5) is 5.69 Å². The highest BCUT2D eigenvalue weighted by Gasteiger charge is 2.27. The second kappa shape index (κ2) is 9.51. The van der Waals surface area contributed by atoms with Gasteiger partial charge in [0.2, 0.25) is 0 Å². The Kier molecular flexibility index (Phi) is 6.57. The van der Waals surface area contributed by atoms with E-state index in [0.29, 0.717) is 0 Å². The molecule has 5 nitrogen and oxygen atoms in total. The van der Waals surface area contributed by atoms with Gasteiger partial charge in [-0.15, -0.1) is 0 Å². The zero-order valence-corrected chi connectivity index (χ0v) is 17.7. The highest BCUT2D eigenvalue weighted by atomic mass is 16.5. The normalized spacial score (nSPS) is 19.3. The summed E-state index contributed by atoms with van der Waals surface area (Å²) in [4.78, 5) is 7.80. The van der Waals surface area contributed by atoms with Gasteiger partial charge >= 0.3 is 0 Å². The minimum Gasteiger partial charge on any atom is -0.493 e. The van der Waals surface area contributed by atoms with Crippen molar-refractivity contribution < 1.29 is 9.47 Å². The van der Waals surface area contributed by atoms with Gasteiger partial charge in [0, 0.05) is 44.5 Å². The maximum absolute atomic E-state index is 5.45. The second-order valence-electron chi connectivity index (χ2n) is 8.06. The fraction of sp³-hybridized carbons (Fsp3) is 0.500. The smallest absolute Gasteiger partial charge is 0.161 e. The van der Waals surface area contributed by atoms with Crippen molar-refractivity contribution in [3.8, 4) is 11.5 Å². The molecule has 0 N–H and O–H groups in total. The molecule has 2 heterocycles. The summed E-state index contributed by atoms with van der Waals surface area (Å²) in [6.07, 6.45) is 2.53. The minimum atomic E-state index is 0.731. The molecule has 0 spiro atoms. The summed E-state index contributed by atoms with van der Waals surface area (Å²) >= 11 is 0. The van der Waals surface area contributed by atoms with Gasteiger partial charge in [0.25, 0.3) is 0 Å². The van der Waals surface area contributed by atoms with Crippen LogP contribution in [0.15, 0.2) is 48.5 Å². The van der Waals surface area contributed by atoms with E-state index in [2.05, 4.69) is 57.2 Å². The van der Waals surface area contributed by atoms with E-state index in [1.54, 1.807) is 14.2 Å². The van der Waals surface area contributed by atoms with Crippen LogP contribution in [0.3, 0.4) is 0 Å². The van der Waals surface area contributed by atoms with Crippen LogP contribution in [-0.2, 0) is 6.54 Å². The van der Waals surface area contributed by atoms with E-state index < -0.39 is 0 Å². The molecule has 2 aliphatic rings. The quantitative estimate of drug-likeness (QED) is 0.747. The summed E-state index contributed by atoms with van der Waals surface area (Å²) in [7, 11) is 3.38. The van der Waals surface area contributed by atoms with Crippen molar-refractivity contribution in [1.29, 1.82) is 0 Å². The second-order valence-corrected chi connectivity index (χ2v) is 8.06. The van der Waals surface area contributed by atoms with E-state index in [9.17, 15) is 0 Å². The van der Waals surface area contributed by atoms with E-state index in [1.807, 2.05) is 6.07 Å². The number of hydrogen-bond donors (Lipinski definition) is 0. The van der Waals surface area contributed by atoms with Crippen LogP contribution >= 0.6 is 0 Å². The zero-order valence-electron chi connectivity index (χ0n) is 17.7. The Morgan fingerprint density at radius 1 is 0.793 bits per heavy atom. The number of para-hydroxylation sites is 1. The number of nitrogens with zero attached hydrogens (tertiary/aromatic N) is 3. The molecular formula is C24H33N3O2. The van der Waals surface area contributed by atoms with Gasteiger partial charge in [-0.25, -0.2) is 0 Å². The largest absolute Gasteiger partial charge is 0.493 e. The van der Waals surface area contributed by atoms with E-state index >= 15 is 0 Å². The van der Waals surface area contributed by atoms with E-state index in [4.69, 9.17) is 9.47 Å². The number of piperidine rings is 1. The molecule has 29 heavy (non-hydrogen) atoms. The highest BCUT2D eigenvalue weighted by Crippen LogP contribution is 2.29. The predicted molar refractivity (Wildman–Crippen MR) is 118 cm³/mol. The first-order valence-electron chi connectivity index (χ1n) is 10.7. The standard InChI is InChI=1S/C24H33N3O2/c1-28-23-9-8-20(18-24(23)29-2)19-25-12-10-22(11-13-25)27-16-14-26(15-17-27)21-6-4-3-5-7-21/h3-9,18,22H,10-17,19H2,1-2H3. The van der Waals surface area contributed by atoms with Crippen LogP contribution in [0, 0.1) is 0 Å². The van der Waals surface area contributed by atoms with Crippen molar-refractivity contribution in [2.24, 2.45) is 0 Å². The maximum atomic E-state index is 5.45. The van der Waals surface area contributed by atoms with Gasteiger partial charge in [0.15, 0.2) is 11.5 Å². The number of rotatable bonds is 6. The van der Waals surface area contributed by atoms with Gasteiger partial charge in [-0.2, -0.15) is 0 Å². The lowest BCUT2D eigenvalue weighted by Crippen LogP contribution is -2.53. The van der Waals surface area contributed by atoms with Gasteiger partial charge in [-0.05, 0) is 55.8 Å². The SMILES string of the molecule is COc1ccc(CN2CCC(N3CCN(c4ccccc4)CC3)CC2)cc1OC. The Hall–Kier alpha value is -2.24. The Morgan fingerprint density at radius 2 is 1.48 bits per heavy atom. The first-order valence-corrected chi connectivity index (χ1v) is 10.7. The van der Waals surface area contributed by atoms with Crippen molar-refractivity contribution in [1.82, 2.24) is 9.80 Å². The Balaban J connectivity index is 1.25. The molecule has 4 rings (SSSR count). The molecule has 0 amide bonds. The van der Waals surface area contributed by atoms with Crippen molar-refractivity contribution in [2.75, 3.05) is 58.4 Å². The Bertz CT molecular complexity index is 767. The molecule has 5 heteroatoms. The molecule has 0 unspecified atom stereocenters. The number of benzene rings is 2. The third-order valence-corrected chi connectivity index (χ3v) is 6.36. The number of piperazine rings is 1. The molecule has 0 atom stereocenters. The first-order chi connectivity index (χ1) is 14.3. The van der Waals surface area contributed by atoms with Gasteiger partial charge in [-0.1, -0.05) is 24.3 Å². The molecule has 0 bridgehead atoms. The lowest BCUT2D eigenvalue weighted by Gasteiger charge is -2.43. The first kappa shape index (κ1) is 20.0. The molecule has 2 aliphatic heterocycles. The van der Waals surface area contributed by atoms with Crippen LogP contribution in [0.2, 0.25) is 0 Å². The summed E-state index contributed by atoms with van der Waals surface area (Å²) in [6, 6.07) is 17.8. The van der Waals surface area contributed by atoms with Crippen LogP contribution in [0.25, 0.3) is 0 Å². The maximum Gasteiger partial charge on any atom is 0.161 e. The predicted octanol–water partition coefficient (Wildman–Crippen LogP) is 3.49. The van der Waals surface area contributed by atoms with Crippen LogP contribution in [0.1, 0.15) is 18.4 Å². The highest BCUT2D eigenvalue weighted by molar-refractivity contribution is 5.46. The molecule has 2 aromatic carbocycles. The van der Waals surface area contributed by atoms with Gasteiger partial charge < -0.3 is 14.4 Å². The summed E-state index contributed by atoms with van der Waals surface area (Å²) in [6.45, 7) is 7.93. The topological polar surface area (TPSA) is 28.2 Å². The molecule has 0 aliphatic carbocycles. The summed E-state index contributed by atoms with van der Waals surface area (Å²) in [5.74, 6) is 1.61. The minimum absolute atomic E-state index is 0.731. The van der Waals surface area contributed by atoms with E-state index in [-0.39, 0.29) is 0 Å². The van der Waals surface area contributed by atoms with Crippen LogP contribution in [-0.4, -0.2) is 69.3 Å². The molecule has 0 saturated carbocycles. The van der Waals surface area contributed by atoms with Crippen molar-refractivity contribution in [3.05, 3.63) is 54.1 Å². The number of anilines is 1. The number of likely N-dealkylation sites (tertiary alicyclic amines) is 1. The van der Waals surface area contributed by atoms with E-state index in [0.717, 1.165) is 50.3 Å². The average molecular weight is 396 g/mol. The van der Waals surface area contributed by atoms with Crippen molar-refractivity contribution in [2.45, 2.75) is 25.4 Å². The lowest BCUT2D eigenvalue weighted by molar-refractivity contribution is 0.0998. The third-order valence-electron chi connectivity index (χ3n) is 6.36. The fourth-order valence-corrected chi connectivity index (χ4v) is 4.66. The monoisotopic (exact) mass is 395 g/mol. The average Bonchev–Trinajstić information content (AvgIpc) is 2.80. The van der Waals surface area contributed by atoms with Gasteiger partial charge in [0.05, 0.1) is 14.2 Å². The third kappa shape index (κ3) is 4.85. The molecule has 156 valence electrons. The fourth-order valence-electron chi connectivity index (χ4n) is 4.66. The number of hydrogen-bond acceptors (Lipinski definition) is 5. The Labute approximate surface area is 174 Å². The van der Waals surface area contributed by atoms with E-state index in [1.165, 1.54) is 37.2 Å².